The Morgan fingerprint density at radius 2 is 1.14 bits per heavy atom. The summed E-state index contributed by atoms with van der Waals surface area (Å²) in [5, 5.41) is 5.71. The number of benzene rings is 4. The van der Waals surface area contributed by atoms with Crippen LogP contribution in [-0.2, 0) is 0 Å². The lowest BCUT2D eigenvalue weighted by molar-refractivity contribution is 1.68. The number of hydrogen-bond acceptors (Lipinski definition) is 0. The molecule has 0 N–H and O–H groups in total. The molecule has 0 heterocycles. The van der Waals surface area contributed by atoms with Gasteiger partial charge in [0.15, 0.2) is 0 Å². The first kappa shape index (κ1) is 12.4. The van der Waals surface area contributed by atoms with Crippen LogP contribution in [-0.4, -0.2) is 0 Å². The maximum atomic E-state index is 6.20. The van der Waals surface area contributed by atoms with Gasteiger partial charge in [-0.1, -0.05) is 78.3 Å². The van der Waals surface area contributed by atoms with Crippen molar-refractivity contribution in [1.82, 2.24) is 0 Å². The van der Waals surface area contributed by atoms with Gasteiger partial charge in [0, 0.05) is 5.02 Å². The van der Waals surface area contributed by atoms with Crippen molar-refractivity contribution in [1.29, 1.82) is 0 Å². The summed E-state index contributed by atoms with van der Waals surface area (Å²) < 4.78 is 0. The summed E-state index contributed by atoms with van der Waals surface area (Å²) in [7, 11) is 0. The molecule has 4 rings (SSSR count). The highest BCUT2D eigenvalue weighted by molar-refractivity contribution is 6.31. The second-order valence-electron chi connectivity index (χ2n) is 5.20. The number of halogens is 1. The highest BCUT2D eigenvalue weighted by atomic mass is 35.5. The predicted octanol–water partition coefficient (Wildman–Crippen LogP) is 6.31. The van der Waals surface area contributed by atoms with Gasteiger partial charge < -0.3 is 0 Å². The molecule has 0 saturated heterocycles. The molecular weight excluding hydrogens is 276 g/mol. The molecule has 0 aromatic heterocycles. The third-order valence-corrected chi connectivity index (χ3v) is 4.16. The van der Waals surface area contributed by atoms with Crippen LogP contribution in [0, 0.1) is 0 Å². The molecule has 21 heavy (non-hydrogen) atoms. The SMILES string of the molecule is Clc1ccc2cccc(-c3cccc4ccccc34)c2c1. The zero-order valence-corrected chi connectivity index (χ0v) is 12.1. The van der Waals surface area contributed by atoms with Gasteiger partial charge in [-0.2, -0.15) is 0 Å². The fourth-order valence-electron chi connectivity index (χ4n) is 2.94. The van der Waals surface area contributed by atoms with E-state index in [4.69, 9.17) is 11.6 Å². The second kappa shape index (κ2) is 4.91. The maximum Gasteiger partial charge on any atom is 0.0412 e. The average molecular weight is 289 g/mol. The van der Waals surface area contributed by atoms with Crippen molar-refractivity contribution in [3.05, 3.63) is 83.9 Å². The predicted molar refractivity (Wildman–Crippen MR) is 91.9 cm³/mol. The molecule has 0 aliphatic heterocycles. The van der Waals surface area contributed by atoms with Crippen molar-refractivity contribution in [2.75, 3.05) is 0 Å². The van der Waals surface area contributed by atoms with E-state index >= 15 is 0 Å². The summed E-state index contributed by atoms with van der Waals surface area (Å²) in [4.78, 5) is 0. The van der Waals surface area contributed by atoms with Crippen LogP contribution in [0.4, 0.5) is 0 Å². The zero-order valence-electron chi connectivity index (χ0n) is 11.4. The highest BCUT2D eigenvalue weighted by Gasteiger charge is 2.07. The van der Waals surface area contributed by atoms with Crippen molar-refractivity contribution in [3.8, 4) is 11.1 Å². The molecule has 1 heteroatoms. The largest absolute Gasteiger partial charge is 0.0843 e. The van der Waals surface area contributed by atoms with Crippen LogP contribution < -0.4 is 0 Å². The molecule has 0 saturated carbocycles. The van der Waals surface area contributed by atoms with E-state index in [1.165, 1.54) is 32.7 Å². The van der Waals surface area contributed by atoms with E-state index in [0.29, 0.717) is 0 Å². The molecule has 0 amide bonds. The van der Waals surface area contributed by atoms with E-state index in [-0.39, 0.29) is 0 Å². The monoisotopic (exact) mass is 288 g/mol. The summed E-state index contributed by atoms with van der Waals surface area (Å²) in [6.45, 7) is 0. The van der Waals surface area contributed by atoms with Crippen LogP contribution in [0.15, 0.2) is 78.9 Å². The van der Waals surface area contributed by atoms with Crippen molar-refractivity contribution >= 4 is 33.1 Å². The summed E-state index contributed by atoms with van der Waals surface area (Å²) in [6.07, 6.45) is 0. The third-order valence-electron chi connectivity index (χ3n) is 3.92. The van der Waals surface area contributed by atoms with Gasteiger partial charge in [0.05, 0.1) is 0 Å². The summed E-state index contributed by atoms with van der Waals surface area (Å²) >= 11 is 6.20. The Kier molecular flexibility index (Phi) is 2.90. The molecule has 0 spiro atoms. The molecule has 0 unspecified atom stereocenters. The van der Waals surface area contributed by atoms with Gasteiger partial charge in [-0.05, 0) is 44.8 Å². The van der Waals surface area contributed by atoms with Crippen LogP contribution >= 0.6 is 11.6 Å². The van der Waals surface area contributed by atoms with Crippen LogP contribution in [0.3, 0.4) is 0 Å². The molecule has 0 fully saturated rings. The van der Waals surface area contributed by atoms with Gasteiger partial charge in [0.2, 0.25) is 0 Å². The molecule has 4 aromatic carbocycles. The first-order chi connectivity index (χ1) is 10.3. The fraction of sp³-hybridized carbons (Fsp3) is 0. The van der Waals surface area contributed by atoms with E-state index in [1.807, 2.05) is 12.1 Å². The Hall–Kier alpha value is -2.31. The second-order valence-corrected chi connectivity index (χ2v) is 5.63. The van der Waals surface area contributed by atoms with E-state index in [9.17, 15) is 0 Å². The fourth-order valence-corrected chi connectivity index (χ4v) is 3.11. The van der Waals surface area contributed by atoms with E-state index < -0.39 is 0 Å². The lowest BCUT2D eigenvalue weighted by Crippen LogP contribution is -1.84. The van der Waals surface area contributed by atoms with Crippen molar-refractivity contribution in [3.63, 3.8) is 0 Å². The van der Waals surface area contributed by atoms with E-state index in [2.05, 4.69) is 66.7 Å². The minimum absolute atomic E-state index is 0.773. The first-order valence-corrected chi connectivity index (χ1v) is 7.37. The van der Waals surface area contributed by atoms with Crippen molar-refractivity contribution < 1.29 is 0 Å². The van der Waals surface area contributed by atoms with Crippen LogP contribution in [0.25, 0.3) is 32.7 Å². The third kappa shape index (κ3) is 2.09. The quantitative estimate of drug-likeness (QED) is 0.385. The van der Waals surface area contributed by atoms with Crippen molar-refractivity contribution in [2.24, 2.45) is 0 Å². The van der Waals surface area contributed by atoms with Crippen molar-refractivity contribution in [2.45, 2.75) is 0 Å². The molecular formula is C20H13Cl. The van der Waals surface area contributed by atoms with Gasteiger partial charge in [0.25, 0.3) is 0 Å². The summed E-state index contributed by atoms with van der Waals surface area (Å²) in [5.74, 6) is 0. The van der Waals surface area contributed by atoms with Gasteiger partial charge in [-0.25, -0.2) is 0 Å². The maximum absolute atomic E-state index is 6.20. The molecule has 4 aromatic rings. The smallest absolute Gasteiger partial charge is 0.0412 e. The lowest BCUT2D eigenvalue weighted by atomic mass is 9.94. The summed E-state index contributed by atoms with van der Waals surface area (Å²) in [6, 6.07) is 27.4. The Balaban J connectivity index is 2.12. The van der Waals surface area contributed by atoms with E-state index in [0.717, 1.165) is 5.02 Å². The van der Waals surface area contributed by atoms with Gasteiger partial charge >= 0.3 is 0 Å². The summed E-state index contributed by atoms with van der Waals surface area (Å²) in [5.41, 5.74) is 2.48. The topological polar surface area (TPSA) is 0 Å². The zero-order chi connectivity index (χ0) is 14.2. The molecule has 0 aliphatic rings. The van der Waals surface area contributed by atoms with Crippen LogP contribution in [0.5, 0.6) is 0 Å². The minimum Gasteiger partial charge on any atom is -0.0843 e. The van der Waals surface area contributed by atoms with Gasteiger partial charge in [-0.3, -0.25) is 0 Å². The number of rotatable bonds is 1. The minimum atomic E-state index is 0.773. The number of hydrogen-bond donors (Lipinski definition) is 0. The van der Waals surface area contributed by atoms with E-state index in [1.54, 1.807) is 0 Å². The molecule has 0 radical (unpaired) electrons. The first-order valence-electron chi connectivity index (χ1n) is 6.99. The Labute approximate surface area is 128 Å². The van der Waals surface area contributed by atoms with Gasteiger partial charge in [0.1, 0.15) is 0 Å². The molecule has 0 atom stereocenters. The Bertz CT molecular complexity index is 949. The van der Waals surface area contributed by atoms with Crippen LogP contribution in [0.2, 0.25) is 5.02 Å². The highest BCUT2D eigenvalue weighted by Crippen LogP contribution is 2.34. The van der Waals surface area contributed by atoms with Crippen LogP contribution in [0.1, 0.15) is 0 Å². The molecule has 0 nitrogen and oxygen atoms in total. The molecule has 0 bridgehead atoms. The Morgan fingerprint density at radius 1 is 0.524 bits per heavy atom. The number of fused-ring (bicyclic) bond motifs is 2. The lowest BCUT2D eigenvalue weighted by Gasteiger charge is -2.10. The standard InChI is InChI=1S/C20H13Cl/c21-16-12-11-15-7-4-10-19(20(15)13-16)18-9-3-6-14-5-1-2-8-17(14)18/h1-13H. The average Bonchev–Trinajstić information content (AvgIpc) is 2.54. The molecule has 0 aliphatic carbocycles. The van der Waals surface area contributed by atoms with Gasteiger partial charge in [-0.15, -0.1) is 0 Å². The molecule has 100 valence electrons. The Morgan fingerprint density at radius 3 is 1.95 bits per heavy atom. The normalized spacial score (nSPS) is 11.1.